The number of hydrogen-bond acceptors (Lipinski definition) is 3. The predicted molar refractivity (Wildman–Crippen MR) is 91.4 cm³/mol. The SMILES string of the molecule is Cc1ccc2c(c1)CCC2N(CC(N)=O)C(=O)c1cccnc1C. The van der Waals surface area contributed by atoms with Crippen LogP contribution in [0, 0.1) is 13.8 Å². The first-order valence-corrected chi connectivity index (χ1v) is 8.07. The molecule has 0 spiro atoms. The summed E-state index contributed by atoms with van der Waals surface area (Å²) in [4.78, 5) is 30.4. The van der Waals surface area contributed by atoms with E-state index in [1.54, 1.807) is 30.2 Å². The molecule has 1 unspecified atom stereocenters. The number of aromatic nitrogens is 1. The Bertz CT molecular complexity index is 801. The van der Waals surface area contributed by atoms with Crippen LogP contribution >= 0.6 is 0 Å². The molecule has 3 rings (SSSR count). The summed E-state index contributed by atoms with van der Waals surface area (Å²) in [5.74, 6) is -0.705. The van der Waals surface area contributed by atoms with Crippen LogP contribution in [0.25, 0.3) is 0 Å². The van der Waals surface area contributed by atoms with Crippen LogP contribution in [-0.4, -0.2) is 28.2 Å². The van der Waals surface area contributed by atoms with Crippen molar-refractivity contribution in [1.29, 1.82) is 0 Å². The molecular formula is C19H21N3O2. The Hall–Kier alpha value is -2.69. The zero-order valence-electron chi connectivity index (χ0n) is 14.0. The Labute approximate surface area is 141 Å². The van der Waals surface area contributed by atoms with Gasteiger partial charge in [-0.1, -0.05) is 23.8 Å². The molecule has 124 valence electrons. The van der Waals surface area contributed by atoms with Crippen molar-refractivity contribution < 1.29 is 9.59 Å². The van der Waals surface area contributed by atoms with E-state index >= 15 is 0 Å². The second-order valence-electron chi connectivity index (χ2n) is 6.29. The number of amides is 2. The molecule has 0 saturated carbocycles. The van der Waals surface area contributed by atoms with Crippen LogP contribution in [0.4, 0.5) is 0 Å². The van der Waals surface area contributed by atoms with Crippen molar-refractivity contribution in [2.75, 3.05) is 6.54 Å². The van der Waals surface area contributed by atoms with Crippen LogP contribution in [0.5, 0.6) is 0 Å². The Morgan fingerprint density at radius 2 is 2.08 bits per heavy atom. The molecule has 0 bridgehead atoms. The van der Waals surface area contributed by atoms with Crippen LogP contribution in [0.2, 0.25) is 0 Å². The fourth-order valence-electron chi connectivity index (χ4n) is 3.40. The molecule has 1 aromatic heterocycles. The average Bonchev–Trinajstić information content (AvgIpc) is 2.95. The molecule has 2 aromatic rings. The molecule has 1 aliphatic rings. The Kier molecular flexibility index (Phi) is 4.34. The van der Waals surface area contributed by atoms with E-state index in [-0.39, 0.29) is 18.5 Å². The van der Waals surface area contributed by atoms with Gasteiger partial charge in [0, 0.05) is 11.9 Å². The lowest BCUT2D eigenvalue weighted by Gasteiger charge is -2.29. The second kappa shape index (κ2) is 6.43. The highest BCUT2D eigenvalue weighted by Gasteiger charge is 2.33. The van der Waals surface area contributed by atoms with Crippen LogP contribution < -0.4 is 5.73 Å². The quantitative estimate of drug-likeness (QED) is 0.938. The molecule has 1 atom stereocenters. The van der Waals surface area contributed by atoms with E-state index in [2.05, 4.69) is 24.0 Å². The fraction of sp³-hybridized carbons (Fsp3) is 0.316. The summed E-state index contributed by atoms with van der Waals surface area (Å²) < 4.78 is 0. The van der Waals surface area contributed by atoms with Crippen molar-refractivity contribution >= 4 is 11.8 Å². The summed E-state index contributed by atoms with van der Waals surface area (Å²) in [6, 6.07) is 9.59. The number of carbonyl (C=O) groups is 2. The van der Waals surface area contributed by atoms with Crippen molar-refractivity contribution in [2.24, 2.45) is 5.73 Å². The molecule has 0 fully saturated rings. The number of rotatable bonds is 4. The first kappa shape index (κ1) is 16.2. The lowest BCUT2D eigenvalue weighted by molar-refractivity contribution is -0.119. The first-order chi connectivity index (χ1) is 11.5. The number of pyridine rings is 1. The van der Waals surface area contributed by atoms with Gasteiger partial charge < -0.3 is 10.6 Å². The number of carbonyl (C=O) groups excluding carboxylic acids is 2. The Morgan fingerprint density at radius 3 is 2.79 bits per heavy atom. The maximum absolute atomic E-state index is 13.0. The molecule has 24 heavy (non-hydrogen) atoms. The second-order valence-corrected chi connectivity index (χ2v) is 6.29. The minimum Gasteiger partial charge on any atom is -0.368 e. The largest absolute Gasteiger partial charge is 0.368 e. The lowest BCUT2D eigenvalue weighted by Crippen LogP contribution is -2.40. The van der Waals surface area contributed by atoms with Gasteiger partial charge in [0.1, 0.15) is 6.54 Å². The standard InChI is InChI=1S/C19H21N3O2/c1-12-5-7-16-14(10-12)6-8-17(16)22(11-18(20)23)19(24)15-4-3-9-21-13(15)2/h3-5,7,9-10,17H,6,8,11H2,1-2H3,(H2,20,23). The monoisotopic (exact) mass is 323 g/mol. The molecule has 1 heterocycles. The van der Waals surface area contributed by atoms with E-state index in [4.69, 9.17) is 5.73 Å². The molecule has 0 aliphatic heterocycles. The van der Waals surface area contributed by atoms with Gasteiger partial charge in [-0.25, -0.2) is 0 Å². The zero-order valence-corrected chi connectivity index (χ0v) is 14.0. The number of primary amides is 1. The molecule has 5 nitrogen and oxygen atoms in total. The van der Waals surface area contributed by atoms with E-state index in [0.29, 0.717) is 11.3 Å². The molecule has 2 amide bonds. The van der Waals surface area contributed by atoms with E-state index in [1.165, 1.54) is 11.1 Å². The summed E-state index contributed by atoms with van der Waals surface area (Å²) in [7, 11) is 0. The third kappa shape index (κ3) is 3.02. The van der Waals surface area contributed by atoms with Gasteiger partial charge >= 0.3 is 0 Å². The zero-order chi connectivity index (χ0) is 17.3. The third-order valence-electron chi connectivity index (χ3n) is 4.55. The van der Waals surface area contributed by atoms with E-state index in [0.717, 1.165) is 18.4 Å². The van der Waals surface area contributed by atoms with Crippen molar-refractivity contribution in [3.05, 3.63) is 64.5 Å². The Morgan fingerprint density at radius 1 is 1.29 bits per heavy atom. The van der Waals surface area contributed by atoms with Gasteiger partial charge in [0.15, 0.2) is 0 Å². The van der Waals surface area contributed by atoms with Gasteiger partial charge in [-0.3, -0.25) is 14.6 Å². The number of hydrogen-bond donors (Lipinski definition) is 1. The summed E-state index contributed by atoms with van der Waals surface area (Å²) in [5.41, 5.74) is 10.1. The van der Waals surface area contributed by atoms with E-state index < -0.39 is 5.91 Å². The summed E-state index contributed by atoms with van der Waals surface area (Å²) in [6.45, 7) is 3.76. The highest BCUT2D eigenvalue weighted by atomic mass is 16.2. The van der Waals surface area contributed by atoms with Gasteiger partial charge in [0.25, 0.3) is 5.91 Å². The molecule has 5 heteroatoms. The minimum absolute atomic E-state index is 0.0921. The topological polar surface area (TPSA) is 76.3 Å². The van der Waals surface area contributed by atoms with E-state index in [1.807, 2.05) is 6.07 Å². The highest BCUT2D eigenvalue weighted by Crippen LogP contribution is 2.37. The van der Waals surface area contributed by atoms with Crippen molar-refractivity contribution in [1.82, 2.24) is 9.88 Å². The van der Waals surface area contributed by atoms with Crippen LogP contribution in [-0.2, 0) is 11.2 Å². The molecule has 0 radical (unpaired) electrons. The lowest BCUT2D eigenvalue weighted by atomic mass is 10.0. The predicted octanol–water partition coefficient (Wildman–Crippen LogP) is 2.31. The molecular weight excluding hydrogens is 302 g/mol. The molecule has 0 saturated heterocycles. The van der Waals surface area contributed by atoms with Crippen molar-refractivity contribution in [2.45, 2.75) is 32.7 Å². The maximum atomic E-state index is 13.0. The van der Waals surface area contributed by atoms with Gasteiger partial charge in [-0.05, 0) is 49.9 Å². The minimum atomic E-state index is -0.509. The van der Waals surface area contributed by atoms with E-state index in [9.17, 15) is 9.59 Å². The smallest absolute Gasteiger partial charge is 0.256 e. The summed E-state index contributed by atoms with van der Waals surface area (Å²) in [5, 5.41) is 0. The third-order valence-corrected chi connectivity index (χ3v) is 4.55. The number of benzene rings is 1. The summed E-state index contributed by atoms with van der Waals surface area (Å²) in [6.07, 6.45) is 3.35. The molecule has 1 aliphatic carbocycles. The van der Waals surface area contributed by atoms with Gasteiger partial charge in [0.2, 0.25) is 5.91 Å². The number of nitrogens with zero attached hydrogens (tertiary/aromatic N) is 2. The number of fused-ring (bicyclic) bond motifs is 1. The van der Waals surface area contributed by atoms with Gasteiger partial charge in [0.05, 0.1) is 11.6 Å². The highest BCUT2D eigenvalue weighted by molar-refractivity contribution is 5.97. The van der Waals surface area contributed by atoms with Crippen molar-refractivity contribution in [3.63, 3.8) is 0 Å². The van der Waals surface area contributed by atoms with Crippen LogP contribution in [0.3, 0.4) is 0 Å². The summed E-state index contributed by atoms with van der Waals surface area (Å²) >= 11 is 0. The van der Waals surface area contributed by atoms with Gasteiger partial charge in [-0.15, -0.1) is 0 Å². The van der Waals surface area contributed by atoms with Crippen LogP contribution in [0.15, 0.2) is 36.5 Å². The number of nitrogens with two attached hydrogens (primary N) is 1. The normalized spacial score (nSPS) is 15.8. The fourth-order valence-corrected chi connectivity index (χ4v) is 3.40. The maximum Gasteiger partial charge on any atom is 0.256 e. The Balaban J connectivity index is 1.98. The molecule has 1 aromatic carbocycles. The van der Waals surface area contributed by atoms with Gasteiger partial charge in [-0.2, -0.15) is 0 Å². The van der Waals surface area contributed by atoms with Crippen LogP contribution in [0.1, 0.15) is 45.2 Å². The average molecular weight is 323 g/mol. The number of aryl methyl sites for hydroxylation is 3. The molecule has 2 N–H and O–H groups in total. The van der Waals surface area contributed by atoms with Crippen molar-refractivity contribution in [3.8, 4) is 0 Å². The first-order valence-electron chi connectivity index (χ1n) is 8.07.